The highest BCUT2D eigenvalue weighted by atomic mass is 35.5. The Morgan fingerprint density at radius 3 is 2.69 bits per heavy atom. The van der Waals surface area contributed by atoms with Gasteiger partial charge in [-0.15, -0.1) is 0 Å². The smallest absolute Gasteiger partial charge is 0.261 e. The molecule has 0 saturated heterocycles. The molecule has 0 fully saturated rings. The number of carbonyl (C=O) groups is 1. The van der Waals surface area contributed by atoms with Crippen molar-refractivity contribution in [1.82, 2.24) is 10.3 Å². The van der Waals surface area contributed by atoms with Gasteiger partial charge in [-0.2, -0.15) is 5.26 Å². The molecule has 4 aromatic rings. The number of methoxy groups -OCH3 is 1. The lowest BCUT2D eigenvalue weighted by molar-refractivity contribution is -0.117. The highest BCUT2D eigenvalue weighted by Crippen LogP contribution is 2.37. The van der Waals surface area contributed by atoms with E-state index >= 15 is 0 Å². The second-order valence-corrected chi connectivity index (χ2v) is 8.75. The first-order chi connectivity index (χ1) is 17.5. The van der Waals surface area contributed by atoms with Crippen LogP contribution in [0, 0.1) is 18.3 Å². The topological polar surface area (TPSA) is 87.1 Å². The second kappa shape index (κ2) is 11.5. The van der Waals surface area contributed by atoms with Gasteiger partial charge in [-0.05, 0) is 54.3 Å². The minimum Gasteiger partial charge on any atom is -0.493 e. The van der Waals surface area contributed by atoms with Gasteiger partial charge < -0.3 is 19.8 Å². The number of aryl methyl sites for hydroxylation is 1. The molecule has 3 aromatic carbocycles. The summed E-state index contributed by atoms with van der Waals surface area (Å²) < 4.78 is 11.4. The van der Waals surface area contributed by atoms with E-state index in [0.29, 0.717) is 41.7 Å². The van der Waals surface area contributed by atoms with Crippen molar-refractivity contribution in [2.24, 2.45) is 0 Å². The summed E-state index contributed by atoms with van der Waals surface area (Å²) in [5, 5.41) is 13.9. The van der Waals surface area contributed by atoms with Crippen LogP contribution in [0.1, 0.15) is 22.3 Å². The maximum Gasteiger partial charge on any atom is 0.261 e. The molecule has 4 rings (SSSR count). The zero-order chi connectivity index (χ0) is 25.5. The van der Waals surface area contributed by atoms with Crippen molar-refractivity contribution < 1.29 is 14.3 Å². The third-order valence-corrected chi connectivity index (χ3v) is 6.07. The van der Waals surface area contributed by atoms with Crippen molar-refractivity contribution in [2.45, 2.75) is 20.0 Å². The number of fused-ring (bicyclic) bond motifs is 1. The van der Waals surface area contributed by atoms with E-state index in [-0.39, 0.29) is 5.57 Å². The Morgan fingerprint density at radius 1 is 1.17 bits per heavy atom. The highest BCUT2D eigenvalue weighted by molar-refractivity contribution is 6.32. The van der Waals surface area contributed by atoms with Crippen molar-refractivity contribution in [2.75, 3.05) is 13.7 Å². The van der Waals surface area contributed by atoms with Gasteiger partial charge in [-0.3, -0.25) is 4.79 Å². The Labute approximate surface area is 215 Å². The molecule has 0 atom stereocenters. The van der Waals surface area contributed by atoms with Crippen molar-refractivity contribution in [1.29, 1.82) is 5.26 Å². The molecule has 0 spiro atoms. The van der Waals surface area contributed by atoms with Crippen LogP contribution in [0.5, 0.6) is 11.5 Å². The van der Waals surface area contributed by atoms with E-state index in [1.54, 1.807) is 12.1 Å². The number of nitrogens with one attached hydrogen (secondary N) is 2. The van der Waals surface area contributed by atoms with Crippen LogP contribution < -0.4 is 14.8 Å². The lowest BCUT2D eigenvalue weighted by Gasteiger charge is -2.14. The summed E-state index contributed by atoms with van der Waals surface area (Å²) in [6.07, 6.45) is 4.06. The predicted octanol–water partition coefficient (Wildman–Crippen LogP) is 5.98. The monoisotopic (exact) mass is 499 g/mol. The van der Waals surface area contributed by atoms with Crippen molar-refractivity contribution in [3.05, 3.63) is 99.7 Å². The maximum atomic E-state index is 12.7. The number of hydrogen-bond acceptors (Lipinski definition) is 4. The number of rotatable bonds is 9. The fraction of sp³-hybridized carbons (Fsp3) is 0.172. The maximum absolute atomic E-state index is 12.7. The first kappa shape index (κ1) is 24.9. The molecule has 2 N–H and O–H groups in total. The molecule has 0 radical (unpaired) electrons. The van der Waals surface area contributed by atoms with Crippen LogP contribution >= 0.6 is 11.6 Å². The van der Waals surface area contributed by atoms with E-state index in [2.05, 4.69) is 10.3 Å². The van der Waals surface area contributed by atoms with Gasteiger partial charge in [-0.25, -0.2) is 0 Å². The standard InChI is InChI=1S/C29H26ClN3O3/c1-19-7-9-20(10-8-19)18-36-28-25(30)14-21(15-27(28)35-2)13-23(16-31)29(34)32-12-11-22-17-33-26-6-4-3-5-24(22)26/h3-10,13-15,17,33H,11-12,18H2,1-2H3,(H,32,34)/b23-13-. The number of amides is 1. The number of para-hydroxylation sites is 1. The Kier molecular flexibility index (Phi) is 7.94. The summed E-state index contributed by atoms with van der Waals surface area (Å²) in [5.41, 5.74) is 4.85. The van der Waals surface area contributed by atoms with Gasteiger partial charge >= 0.3 is 0 Å². The molecule has 1 heterocycles. The minimum atomic E-state index is -0.452. The normalized spacial score (nSPS) is 11.2. The van der Waals surface area contributed by atoms with Gasteiger partial charge in [-0.1, -0.05) is 59.6 Å². The number of carbonyl (C=O) groups excluding carboxylic acids is 1. The van der Waals surface area contributed by atoms with Crippen LogP contribution in [0.4, 0.5) is 0 Å². The van der Waals surface area contributed by atoms with E-state index in [0.717, 1.165) is 22.0 Å². The lowest BCUT2D eigenvalue weighted by Crippen LogP contribution is -2.26. The molecule has 1 amide bonds. The number of nitrogens with zero attached hydrogens (tertiary/aromatic N) is 1. The number of ether oxygens (including phenoxy) is 2. The first-order valence-corrected chi connectivity index (χ1v) is 11.9. The minimum absolute atomic E-state index is 0.0274. The number of H-pyrrole nitrogens is 1. The van der Waals surface area contributed by atoms with Gasteiger partial charge in [0.15, 0.2) is 11.5 Å². The van der Waals surface area contributed by atoms with Gasteiger partial charge in [0, 0.05) is 23.6 Å². The van der Waals surface area contributed by atoms with Gasteiger partial charge in [0.1, 0.15) is 18.2 Å². The molecule has 0 aliphatic rings. The van der Waals surface area contributed by atoms with Crippen molar-refractivity contribution >= 4 is 34.5 Å². The Balaban J connectivity index is 1.43. The molecule has 0 unspecified atom stereocenters. The van der Waals surface area contributed by atoms with Gasteiger partial charge in [0.25, 0.3) is 5.91 Å². The second-order valence-electron chi connectivity index (χ2n) is 8.34. The van der Waals surface area contributed by atoms with Crippen LogP contribution in [0.15, 0.2) is 72.4 Å². The Hall–Kier alpha value is -4.21. The number of aromatic nitrogens is 1. The summed E-state index contributed by atoms with van der Waals surface area (Å²) in [6, 6.07) is 21.3. The molecule has 1 aromatic heterocycles. The van der Waals surface area contributed by atoms with Gasteiger partial charge in [0.05, 0.1) is 12.1 Å². The number of aromatic amines is 1. The fourth-order valence-electron chi connectivity index (χ4n) is 3.86. The number of nitriles is 1. The predicted molar refractivity (Wildman–Crippen MR) is 142 cm³/mol. The molecule has 7 heteroatoms. The van der Waals surface area contributed by atoms with Crippen LogP contribution in [0.3, 0.4) is 0 Å². The van der Waals surface area contributed by atoms with Crippen LogP contribution in [-0.2, 0) is 17.8 Å². The molecule has 6 nitrogen and oxygen atoms in total. The molecule has 0 aliphatic carbocycles. The van der Waals surface area contributed by atoms with Crippen molar-refractivity contribution in [3.8, 4) is 17.6 Å². The molecule has 36 heavy (non-hydrogen) atoms. The van der Waals surface area contributed by atoms with Crippen molar-refractivity contribution in [3.63, 3.8) is 0 Å². The van der Waals surface area contributed by atoms with Crippen LogP contribution in [-0.4, -0.2) is 24.5 Å². The van der Waals surface area contributed by atoms with Crippen LogP contribution in [0.25, 0.3) is 17.0 Å². The summed E-state index contributed by atoms with van der Waals surface area (Å²) in [4.78, 5) is 15.9. The number of halogens is 1. The van der Waals surface area contributed by atoms with E-state index in [1.807, 2.05) is 67.7 Å². The quantitative estimate of drug-likeness (QED) is 0.219. The summed E-state index contributed by atoms with van der Waals surface area (Å²) >= 11 is 6.48. The largest absolute Gasteiger partial charge is 0.493 e. The zero-order valence-electron chi connectivity index (χ0n) is 20.1. The van der Waals surface area contributed by atoms with E-state index < -0.39 is 5.91 Å². The molecular formula is C29H26ClN3O3. The lowest BCUT2D eigenvalue weighted by atomic mass is 10.1. The molecule has 182 valence electrons. The Bertz CT molecular complexity index is 1450. The van der Waals surface area contributed by atoms with Crippen LogP contribution in [0.2, 0.25) is 5.02 Å². The molecule has 0 saturated carbocycles. The zero-order valence-corrected chi connectivity index (χ0v) is 20.9. The summed E-state index contributed by atoms with van der Waals surface area (Å²) in [7, 11) is 1.51. The molecule has 0 bridgehead atoms. The van der Waals surface area contributed by atoms with Gasteiger partial charge in [0.2, 0.25) is 0 Å². The third-order valence-electron chi connectivity index (χ3n) is 5.79. The van der Waals surface area contributed by atoms with E-state index in [9.17, 15) is 10.1 Å². The average Bonchev–Trinajstić information content (AvgIpc) is 3.30. The number of benzene rings is 3. The van der Waals surface area contributed by atoms with E-state index in [1.165, 1.54) is 18.7 Å². The van der Waals surface area contributed by atoms with E-state index in [4.69, 9.17) is 21.1 Å². The first-order valence-electron chi connectivity index (χ1n) is 11.5. The number of hydrogen-bond donors (Lipinski definition) is 2. The Morgan fingerprint density at radius 2 is 1.94 bits per heavy atom. The highest BCUT2D eigenvalue weighted by Gasteiger charge is 2.14. The molecular weight excluding hydrogens is 474 g/mol. The average molecular weight is 500 g/mol. The summed E-state index contributed by atoms with van der Waals surface area (Å²) in [6.45, 7) is 2.75. The molecule has 0 aliphatic heterocycles. The summed E-state index contributed by atoms with van der Waals surface area (Å²) in [5.74, 6) is 0.364. The third kappa shape index (κ3) is 5.88. The SMILES string of the molecule is COc1cc(/C=C(/C#N)C(=O)NCCc2c[nH]c3ccccc23)cc(Cl)c1OCc1ccc(C)cc1. The fourth-order valence-corrected chi connectivity index (χ4v) is 4.14.